The Hall–Kier alpha value is -3.14. The zero-order valence-corrected chi connectivity index (χ0v) is 21.4. The Bertz CT molecular complexity index is 1370. The number of aryl methyl sites for hydroxylation is 1. The molecule has 0 spiro atoms. The van der Waals surface area contributed by atoms with Gasteiger partial charge in [0.15, 0.2) is 0 Å². The van der Waals surface area contributed by atoms with Gasteiger partial charge in [0.1, 0.15) is 0 Å². The van der Waals surface area contributed by atoms with E-state index in [4.69, 9.17) is 0 Å². The Labute approximate surface area is 210 Å². The van der Waals surface area contributed by atoms with Crippen molar-refractivity contribution in [2.24, 2.45) is 0 Å². The number of rotatable bonds is 7. The first-order chi connectivity index (χ1) is 16.7. The first-order valence-corrected chi connectivity index (χ1v) is 13.6. The van der Waals surface area contributed by atoms with Gasteiger partial charge in [-0.25, -0.2) is 8.42 Å². The van der Waals surface area contributed by atoms with Crippen molar-refractivity contribution in [3.63, 3.8) is 0 Å². The average molecular weight is 510 g/mol. The van der Waals surface area contributed by atoms with Crippen molar-refractivity contribution in [2.45, 2.75) is 47.9 Å². The lowest BCUT2D eigenvalue weighted by molar-refractivity contribution is -0.117. The number of carbonyl (C=O) groups excluding carboxylic acids is 2. The lowest BCUT2D eigenvalue weighted by atomic mass is 10.1. The second-order valence-electron chi connectivity index (χ2n) is 8.38. The van der Waals surface area contributed by atoms with Crippen molar-refractivity contribution in [2.75, 3.05) is 16.8 Å². The Morgan fingerprint density at radius 1 is 1.03 bits per heavy atom. The van der Waals surface area contributed by atoms with Gasteiger partial charge in [-0.3, -0.25) is 9.59 Å². The van der Waals surface area contributed by atoms with Gasteiger partial charge in [0, 0.05) is 22.0 Å². The maximum Gasteiger partial charge on any atom is 0.259 e. The molecule has 0 aliphatic carbocycles. The van der Waals surface area contributed by atoms with Crippen LogP contribution in [0, 0.1) is 6.92 Å². The van der Waals surface area contributed by atoms with Crippen LogP contribution in [0.1, 0.15) is 36.2 Å². The van der Waals surface area contributed by atoms with Gasteiger partial charge >= 0.3 is 0 Å². The summed E-state index contributed by atoms with van der Waals surface area (Å²) < 4.78 is 27.7. The number of hydrogen-bond acceptors (Lipinski definition) is 5. The molecule has 2 amide bonds. The van der Waals surface area contributed by atoms with Crippen LogP contribution in [0.3, 0.4) is 0 Å². The van der Waals surface area contributed by atoms with Crippen LogP contribution in [0.25, 0.3) is 0 Å². The number of nitrogens with one attached hydrogen (secondary N) is 2. The fraction of sp³-hybridized carbons (Fsp3) is 0.231. The van der Waals surface area contributed by atoms with Gasteiger partial charge in [-0.05, 0) is 62.7 Å². The maximum absolute atomic E-state index is 13.2. The fourth-order valence-corrected chi connectivity index (χ4v) is 6.09. The van der Waals surface area contributed by atoms with Gasteiger partial charge in [-0.15, -0.1) is 0 Å². The number of benzene rings is 3. The summed E-state index contributed by atoms with van der Waals surface area (Å²) in [5, 5.41) is 2.79. The summed E-state index contributed by atoms with van der Waals surface area (Å²) in [5.74, 6) is -0.536. The number of amides is 2. The third-order valence-corrected chi connectivity index (χ3v) is 8.28. The molecule has 35 heavy (non-hydrogen) atoms. The number of carbonyl (C=O) groups is 2. The van der Waals surface area contributed by atoms with Crippen LogP contribution < -0.4 is 14.9 Å². The molecule has 1 atom stereocenters. The maximum atomic E-state index is 13.2. The summed E-state index contributed by atoms with van der Waals surface area (Å²) in [6.07, 6.45) is 0.801. The molecule has 182 valence electrons. The number of anilines is 2. The summed E-state index contributed by atoms with van der Waals surface area (Å²) in [5.41, 5.74) is 2.89. The topological polar surface area (TPSA) is 95.6 Å². The molecule has 0 saturated heterocycles. The smallest absolute Gasteiger partial charge is 0.259 e. The highest BCUT2D eigenvalue weighted by Crippen LogP contribution is 2.42. The lowest BCUT2D eigenvalue weighted by Crippen LogP contribution is -2.41. The van der Waals surface area contributed by atoms with E-state index in [0.717, 1.165) is 27.5 Å². The number of nitrogens with zero attached hydrogens (tertiary/aromatic N) is 1. The molecular weight excluding hydrogens is 482 g/mol. The molecular formula is C26H27N3O4S2. The zero-order chi connectivity index (χ0) is 25.2. The Balaban J connectivity index is 1.55. The third kappa shape index (κ3) is 5.42. The lowest BCUT2D eigenvalue weighted by Gasteiger charge is -2.23. The van der Waals surface area contributed by atoms with E-state index >= 15 is 0 Å². The standard InChI is InChI=1S/C26H27N3O4S2/c1-4-15-29-22-14-11-19(16-24(22)34-23-8-6-5-7-21(23)26(29)31)27-25(30)18(3)28-35(32,33)20-12-9-17(2)10-13-20/h5-14,16,18,28H,4,15H2,1-3H3,(H,27,30). The van der Waals surface area contributed by atoms with Gasteiger partial charge in [-0.2, -0.15) is 4.72 Å². The van der Waals surface area contributed by atoms with Crippen LogP contribution in [-0.2, 0) is 14.8 Å². The molecule has 1 aliphatic rings. The summed E-state index contributed by atoms with van der Waals surface area (Å²) in [7, 11) is -3.85. The van der Waals surface area contributed by atoms with E-state index in [9.17, 15) is 18.0 Å². The molecule has 0 aromatic heterocycles. The highest BCUT2D eigenvalue weighted by molar-refractivity contribution is 7.99. The van der Waals surface area contributed by atoms with Crippen LogP contribution in [0.5, 0.6) is 0 Å². The fourth-order valence-electron chi connectivity index (χ4n) is 3.77. The van der Waals surface area contributed by atoms with Crippen molar-refractivity contribution in [3.8, 4) is 0 Å². The van der Waals surface area contributed by atoms with E-state index in [1.165, 1.54) is 30.8 Å². The highest BCUT2D eigenvalue weighted by atomic mass is 32.2. The summed E-state index contributed by atoms with van der Waals surface area (Å²) >= 11 is 1.47. The molecule has 0 fully saturated rings. The predicted molar refractivity (Wildman–Crippen MR) is 139 cm³/mol. The summed E-state index contributed by atoms with van der Waals surface area (Å²) in [4.78, 5) is 29.6. The van der Waals surface area contributed by atoms with Crippen molar-refractivity contribution in [3.05, 3.63) is 77.9 Å². The van der Waals surface area contributed by atoms with E-state index in [0.29, 0.717) is 17.8 Å². The molecule has 1 unspecified atom stereocenters. The van der Waals surface area contributed by atoms with Crippen LogP contribution in [0.4, 0.5) is 11.4 Å². The monoisotopic (exact) mass is 509 g/mol. The minimum atomic E-state index is -3.85. The van der Waals surface area contributed by atoms with E-state index in [-0.39, 0.29) is 10.8 Å². The van der Waals surface area contributed by atoms with Crippen molar-refractivity contribution >= 4 is 45.0 Å². The second-order valence-corrected chi connectivity index (χ2v) is 11.2. The van der Waals surface area contributed by atoms with Crippen LogP contribution in [0.2, 0.25) is 0 Å². The van der Waals surface area contributed by atoms with Crippen molar-refractivity contribution in [1.82, 2.24) is 4.72 Å². The number of hydrogen-bond donors (Lipinski definition) is 2. The van der Waals surface area contributed by atoms with Gasteiger partial charge in [0.05, 0.1) is 22.2 Å². The minimum absolute atomic E-state index is 0.0513. The molecule has 3 aromatic rings. The van der Waals surface area contributed by atoms with Gasteiger partial charge in [0.25, 0.3) is 5.91 Å². The molecule has 7 nitrogen and oxygen atoms in total. The molecule has 0 bridgehead atoms. The van der Waals surface area contributed by atoms with Gasteiger partial charge < -0.3 is 10.2 Å². The van der Waals surface area contributed by atoms with E-state index < -0.39 is 22.0 Å². The molecule has 3 aromatic carbocycles. The molecule has 0 saturated carbocycles. The quantitative estimate of drug-likeness (QED) is 0.476. The van der Waals surface area contributed by atoms with E-state index in [1.54, 1.807) is 23.1 Å². The number of fused-ring (bicyclic) bond motifs is 2. The third-order valence-electron chi connectivity index (χ3n) is 5.60. The van der Waals surface area contributed by atoms with Crippen LogP contribution >= 0.6 is 11.8 Å². The Kier molecular flexibility index (Phi) is 7.30. The second kappa shape index (κ2) is 10.2. The predicted octanol–water partition coefficient (Wildman–Crippen LogP) is 4.82. The highest BCUT2D eigenvalue weighted by Gasteiger charge is 2.27. The molecule has 1 aliphatic heterocycles. The average Bonchev–Trinajstić information content (AvgIpc) is 2.93. The number of sulfonamides is 1. The molecule has 2 N–H and O–H groups in total. The van der Waals surface area contributed by atoms with Crippen LogP contribution in [0.15, 0.2) is 81.4 Å². The van der Waals surface area contributed by atoms with E-state index in [1.807, 2.05) is 50.2 Å². The Morgan fingerprint density at radius 2 is 1.74 bits per heavy atom. The molecule has 4 rings (SSSR count). The first-order valence-electron chi connectivity index (χ1n) is 11.3. The summed E-state index contributed by atoms with van der Waals surface area (Å²) in [6, 6.07) is 18.3. The SMILES string of the molecule is CCCN1C(=O)c2ccccc2Sc2cc(NC(=O)C(C)NS(=O)(=O)c3ccc(C)cc3)ccc21. The zero-order valence-electron chi connectivity index (χ0n) is 19.7. The normalized spacial score (nSPS) is 14.0. The van der Waals surface area contributed by atoms with Gasteiger partial charge in [0.2, 0.25) is 15.9 Å². The minimum Gasteiger partial charge on any atom is -0.325 e. The molecule has 9 heteroatoms. The molecule has 1 heterocycles. The largest absolute Gasteiger partial charge is 0.325 e. The van der Waals surface area contributed by atoms with E-state index in [2.05, 4.69) is 10.0 Å². The first kappa shape index (κ1) is 25.0. The van der Waals surface area contributed by atoms with Crippen LogP contribution in [-0.4, -0.2) is 32.8 Å². The summed E-state index contributed by atoms with van der Waals surface area (Å²) in [6.45, 7) is 5.96. The van der Waals surface area contributed by atoms with Crippen molar-refractivity contribution < 1.29 is 18.0 Å². The van der Waals surface area contributed by atoms with Gasteiger partial charge in [-0.1, -0.05) is 48.5 Å². The van der Waals surface area contributed by atoms with Crippen molar-refractivity contribution in [1.29, 1.82) is 0 Å². The Morgan fingerprint density at radius 3 is 2.46 bits per heavy atom. The molecule has 0 radical (unpaired) electrons.